The summed E-state index contributed by atoms with van der Waals surface area (Å²) in [5.41, 5.74) is 1.62. The predicted molar refractivity (Wildman–Crippen MR) is 82.0 cm³/mol. The van der Waals surface area contributed by atoms with E-state index in [0.29, 0.717) is 5.75 Å². The number of aromatic nitrogens is 1. The Hall–Kier alpha value is -2.15. The molecule has 1 aromatic carbocycles. The molecule has 0 spiro atoms. The van der Waals surface area contributed by atoms with Crippen LogP contribution in [0.5, 0.6) is 5.75 Å². The van der Waals surface area contributed by atoms with Crippen LogP contribution in [0.15, 0.2) is 24.4 Å². The summed E-state index contributed by atoms with van der Waals surface area (Å²) in [6.45, 7) is -0.516. The first-order valence-corrected chi connectivity index (χ1v) is 7.49. The number of aromatic amines is 1. The number of aliphatic hydroxyl groups excluding tert-OH is 4. The molecule has 2 heterocycles. The molecule has 8 nitrogen and oxygen atoms in total. The van der Waals surface area contributed by atoms with Crippen molar-refractivity contribution in [2.24, 2.45) is 0 Å². The Morgan fingerprint density at radius 3 is 2.71 bits per heavy atom. The van der Waals surface area contributed by atoms with Crippen LogP contribution in [-0.2, 0) is 11.2 Å². The molecule has 1 aliphatic heterocycles. The van der Waals surface area contributed by atoms with E-state index in [0.717, 1.165) is 16.5 Å². The molecule has 0 aliphatic carbocycles. The van der Waals surface area contributed by atoms with Gasteiger partial charge in [-0.25, -0.2) is 0 Å². The van der Waals surface area contributed by atoms with Gasteiger partial charge in [0.05, 0.1) is 19.1 Å². The summed E-state index contributed by atoms with van der Waals surface area (Å²) in [6, 6.07) is 7.19. The third kappa shape index (κ3) is 2.96. The topological polar surface area (TPSA) is 139 Å². The Labute approximate surface area is 137 Å². The second-order valence-corrected chi connectivity index (χ2v) is 5.67. The molecule has 0 bridgehead atoms. The number of benzene rings is 1. The lowest BCUT2D eigenvalue weighted by atomic mass is 9.99. The molecule has 0 saturated carbocycles. The van der Waals surface area contributed by atoms with Crippen molar-refractivity contribution in [2.45, 2.75) is 37.1 Å². The second-order valence-electron chi connectivity index (χ2n) is 5.67. The van der Waals surface area contributed by atoms with Crippen LogP contribution in [0.4, 0.5) is 0 Å². The molecule has 5 atom stereocenters. The fraction of sp³-hybridized carbons (Fsp3) is 0.438. The maximum absolute atomic E-state index is 9.98. The van der Waals surface area contributed by atoms with Gasteiger partial charge in [0.15, 0.2) is 0 Å². The van der Waals surface area contributed by atoms with E-state index in [1.165, 1.54) is 0 Å². The largest absolute Gasteiger partial charge is 0.462 e. The Bertz CT molecular complexity index is 753. The van der Waals surface area contributed by atoms with E-state index in [1.54, 1.807) is 24.4 Å². The van der Waals surface area contributed by atoms with Crippen LogP contribution in [-0.4, -0.2) is 62.7 Å². The number of hydrogen-bond acceptors (Lipinski definition) is 7. The van der Waals surface area contributed by atoms with Gasteiger partial charge in [0.2, 0.25) is 6.29 Å². The Balaban J connectivity index is 1.80. The number of nitrogens with one attached hydrogen (secondary N) is 1. The summed E-state index contributed by atoms with van der Waals surface area (Å²) in [4.78, 5) is 3.03. The zero-order valence-electron chi connectivity index (χ0n) is 12.7. The molecule has 1 aromatic heterocycles. The van der Waals surface area contributed by atoms with Crippen molar-refractivity contribution < 1.29 is 29.9 Å². The lowest BCUT2D eigenvalue weighted by Gasteiger charge is -2.39. The molecule has 0 unspecified atom stereocenters. The van der Waals surface area contributed by atoms with Gasteiger partial charge >= 0.3 is 0 Å². The van der Waals surface area contributed by atoms with Crippen molar-refractivity contribution >= 4 is 10.9 Å². The fourth-order valence-corrected chi connectivity index (χ4v) is 2.77. The number of rotatable bonds is 4. The third-order valence-corrected chi connectivity index (χ3v) is 4.11. The van der Waals surface area contributed by atoms with Crippen LogP contribution in [0, 0.1) is 11.3 Å². The zero-order valence-corrected chi connectivity index (χ0v) is 12.7. The van der Waals surface area contributed by atoms with Gasteiger partial charge in [-0.05, 0) is 17.7 Å². The van der Waals surface area contributed by atoms with Gasteiger partial charge in [0.1, 0.15) is 30.2 Å². The zero-order chi connectivity index (χ0) is 17.3. The minimum absolute atomic E-state index is 0.285. The van der Waals surface area contributed by atoms with Crippen molar-refractivity contribution in [3.8, 4) is 11.8 Å². The molecule has 0 amide bonds. The first kappa shape index (κ1) is 16.7. The normalized spacial score (nSPS) is 30.2. The van der Waals surface area contributed by atoms with Crippen LogP contribution in [0.2, 0.25) is 0 Å². The number of ether oxygens (including phenoxy) is 2. The van der Waals surface area contributed by atoms with E-state index >= 15 is 0 Å². The van der Waals surface area contributed by atoms with Crippen molar-refractivity contribution in [3.05, 3.63) is 30.0 Å². The van der Waals surface area contributed by atoms with Crippen molar-refractivity contribution in [1.82, 2.24) is 4.98 Å². The number of hydrogen-bond donors (Lipinski definition) is 5. The summed E-state index contributed by atoms with van der Waals surface area (Å²) in [5.74, 6) is 0.372. The third-order valence-electron chi connectivity index (χ3n) is 4.11. The van der Waals surface area contributed by atoms with Gasteiger partial charge in [-0.1, -0.05) is 0 Å². The van der Waals surface area contributed by atoms with Crippen LogP contribution in [0.25, 0.3) is 10.9 Å². The number of H-pyrrole nitrogens is 1. The van der Waals surface area contributed by atoms with E-state index in [4.69, 9.17) is 14.7 Å². The SMILES string of the molecule is N#CCc1c[nH]c2cc(O[C@@H]3O[C@H](CO)[C@@H](O)[C@@H](O)[C@H]3O)ccc12. The minimum Gasteiger partial charge on any atom is -0.462 e. The van der Waals surface area contributed by atoms with Gasteiger partial charge in [-0.15, -0.1) is 0 Å². The lowest BCUT2D eigenvalue weighted by Crippen LogP contribution is -2.60. The average molecular weight is 334 g/mol. The summed E-state index contributed by atoms with van der Waals surface area (Å²) in [7, 11) is 0. The van der Waals surface area contributed by atoms with Gasteiger partial charge in [0, 0.05) is 23.2 Å². The van der Waals surface area contributed by atoms with Gasteiger partial charge < -0.3 is 34.9 Å². The van der Waals surface area contributed by atoms with Gasteiger partial charge in [-0.2, -0.15) is 5.26 Å². The van der Waals surface area contributed by atoms with E-state index in [2.05, 4.69) is 11.1 Å². The van der Waals surface area contributed by atoms with Crippen LogP contribution >= 0.6 is 0 Å². The van der Waals surface area contributed by atoms with Crippen molar-refractivity contribution in [3.63, 3.8) is 0 Å². The predicted octanol–water partition coefficient (Wildman–Crippen LogP) is -0.587. The molecule has 0 radical (unpaired) electrons. The molecular weight excluding hydrogens is 316 g/mol. The fourth-order valence-electron chi connectivity index (χ4n) is 2.77. The van der Waals surface area contributed by atoms with Crippen LogP contribution in [0.1, 0.15) is 5.56 Å². The van der Waals surface area contributed by atoms with E-state index in [-0.39, 0.29) is 6.42 Å². The van der Waals surface area contributed by atoms with E-state index < -0.39 is 37.3 Å². The highest BCUT2D eigenvalue weighted by molar-refractivity contribution is 5.84. The van der Waals surface area contributed by atoms with E-state index in [9.17, 15) is 20.4 Å². The lowest BCUT2D eigenvalue weighted by molar-refractivity contribution is -0.277. The molecule has 5 N–H and O–H groups in total. The Morgan fingerprint density at radius 1 is 1.21 bits per heavy atom. The maximum atomic E-state index is 9.98. The summed E-state index contributed by atoms with van der Waals surface area (Å²) in [6.07, 6.45) is -4.60. The number of nitrogens with zero attached hydrogens (tertiary/aromatic N) is 1. The molecule has 3 rings (SSSR count). The number of nitriles is 1. The van der Waals surface area contributed by atoms with Gasteiger partial charge in [0.25, 0.3) is 0 Å². The number of aliphatic hydroxyl groups is 4. The van der Waals surface area contributed by atoms with Crippen LogP contribution in [0.3, 0.4) is 0 Å². The Morgan fingerprint density at radius 2 is 2.00 bits per heavy atom. The molecule has 24 heavy (non-hydrogen) atoms. The highest BCUT2D eigenvalue weighted by Gasteiger charge is 2.44. The minimum atomic E-state index is -1.49. The van der Waals surface area contributed by atoms with Gasteiger partial charge in [-0.3, -0.25) is 0 Å². The quantitative estimate of drug-likeness (QED) is 0.504. The first-order chi connectivity index (χ1) is 11.5. The smallest absolute Gasteiger partial charge is 0.229 e. The first-order valence-electron chi connectivity index (χ1n) is 7.49. The molecule has 128 valence electrons. The highest BCUT2D eigenvalue weighted by atomic mass is 16.7. The summed E-state index contributed by atoms with van der Waals surface area (Å²) < 4.78 is 10.9. The summed E-state index contributed by atoms with van der Waals surface area (Å²) in [5, 5.41) is 48.4. The van der Waals surface area contributed by atoms with Crippen molar-refractivity contribution in [1.29, 1.82) is 5.26 Å². The Kier molecular flexibility index (Phi) is 4.71. The standard InChI is InChI=1S/C16H18N2O6/c17-4-3-8-6-18-11-5-9(1-2-10(8)11)23-16-15(22)14(21)13(20)12(7-19)24-16/h1-2,5-6,12-16,18-22H,3,7H2/t12-,13-,14-,15-,16-/m1/s1. The molecule has 1 aliphatic rings. The molecule has 8 heteroatoms. The van der Waals surface area contributed by atoms with Crippen molar-refractivity contribution in [2.75, 3.05) is 6.61 Å². The molecule has 2 aromatic rings. The maximum Gasteiger partial charge on any atom is 0.229 e. The monoisotopic (exact) mass is 334 g/mol. The average Bonchev–Trinajstić information content (AvgIpc) is 2.98. The van der Waals surface area contributed by atoms with Crippen LogP contribution < -0.4 is 4.74 Å². The molecule has 1 saturated heterocycles. The molecule has 1 fully saturated rings. The number of fused-ring (bicyclic) bond motifs is 1. The van der Waals surface area contributed by atoms with E-state index in [1.807, 2.05) is 0 Å². The second kappa shape index (κ2) is 6.76. The molecular formula is C16H18N2O6. The highest BCUT2D eigenvalue weighted by Crippen LogP contribution is 2.27. The summed E-state index contributed by atoms with van der Waals surface area (Å²) >= 11 is 0.